The Morgan fingerprint density at radius 2 is 2.00 bits per heavy atom. The van der Waals surface area contributed by atoms with Gasteiger partial charge in [0, 0.05) is 17.8 Å². The highest BCUT2D eigenvalue weighted by molar-refractivity contribution is 9.10. The van der Waals surface area contributed by atoms with Gasteiger partial charge in [-0.1, -0.05) is 11.6 Å². The van der Waals surface area contributed by atoms with Gasteiger partial charge in [0.1, 0.15) is 0 Å². The smallest absolute Gasteiger partial charge is 0.286 e. The highest BCUT2D eigenvalue weighted by Gasteiger charge is 2.25. The van der Waals surface area contributed by atoms with Crippen molar-refractivity contribution in [2.45, 2.75) is 6.92 Å². The number of carbonyl (C=O) groups is 1. The third kappa shape index (κ3) is 4.54. The lowest BCUT2D eigenvalue weighted by Gasteiger charge is -2.17. The van der Waals surface area contributed by atoms with Crippen molar-refractivity contribution >= 4 is 62.1 Å². The summed E-state index contributed by atoms with van der Waals surface area (Å²) >= 11 is 10.8. The SMILES string of the molecule is CCOc1cc(/C=C2\SC(N(C)c3ccc(Cl)cc3)=NC2=O)cc(Br)c1OC. The molecule has 1 aliphatic heterocycles. The first-order valence-electron chi connectivity index (χ1n) is 8.45. The van der Waals surface area contributed by atoms with E-state index < -0.39 is 0 Å². The van der Waals surface area contributed by atoms with E-state index in [1.54, 1.807) is 25.3 Å². The molecule has 0 atom stereocenters. The summed E-state index contributed by atoms with van der Waals surface area (Å²) in [6.07, 6.45) is 1.80. The average Bonchev–Trinajstić information content (AvgIpc) is 3.02. The van der Waals surface area contributed by atoms with Crippen molar-refractivity contribution in [2.75, 3.05) is 25.7 Å². The number of nitrogens with zero attached hydrogens (tertiary/aromatic N) is 2. The van der Waals surface area contributed by atoms with Crippen molar-refractivity contribution in [1.82, 2.24) is 0 Å². The molecule has 146 valence electrons. The number of benzene rings is 2. The number of ether oxygens (including phenoxy) is 2. The number of carbonyl (C=O) groups excluding carboxylic acids is 1. The quantitative estimate of drug-likeness (QED) is 0.519. The molecule has 0 unspecified atom stereocenters. The van der Waals surface area contributed by atoms with Crippen LogP contribution in [0.25, 0.3) is 6.08 Å². The number of hydrogen-bond acceptors (Lipinski definition) is 5. The summed E-state index contributed by atoms with van der Waals surface area (Å²) in [5, 5.41) is 1.26. The molecule has 1 aliphatic rings. The van der Waals surface area contributed by atoms with Crippen LogP contribution in [-0.4, -0.2) is 31.8 Å². The number of thioether (sulfide) groups is 1. The maximum Gasteiger partial charge on any atom is 0.286 e. The van der Waals surface area contributed by atoms with Gasteiger partial charge >= 0.3 is 0 Å². The van der Waals surface area contributed by atoms with Crippen molar-refractivity contribution in [3.05, 3.63) is 56.4 Å². The number of hydrogen-bond donors (Lipinski definition) is 0. The van der Waals surface area contributed by atoms with Gasteiger partial charge in [-0.3, -0.25) is 4.79 Å². The molecule has 3 rings (SSSR count). The number of amides is 1. The van der Waals surface area contributed by atoms with Crippen molar-refractivity contribution in [2.24, 2.45) is 4.99 Å². The fraction of sp³-hybridized carbons (Fsp3) is 0.200. The largest absolute Gasteiger partial charge is 0.492 e. The Balaban J connectivity index is 1.85. The second-order valence-electron chi connectivity index (χ2n) is 5.81. The van der Waals surface area contributed by atoms with Gasteiger partial charge < -0.3 is 14.4 Å². The molecule has 0 aromatic heterocycles. The lowest BCUT2D eigenvalue weighted by atomic mass is 10.2. The first-order valence-corrected chi connectivity index (χ1v) is 10.4. The number of anilines is 1. The first-order chi connectivity index (χ1) is 13.4. The second kappa shape index (κ2) is 9.03. The zero-order valence-corrected chi connectivity index (χ0v) is 18.7. The topological polar surface area (TPSA) is 51.1 Å². The van der Waals surface area contributed by atoms with Gasteiger partial charge in [0.05, 0.1) is 23.1 Å². The van der Waals surface area contributed by atoms with E-state index in [2.05, 4.69) is 20.9 Å². The van der Waals surface area contributed by atoms with Crippen molar-refractivity contribution < 1.29 is 14.3 Å². The second-order valence-corrected chi connectivity index (χ2v) is 8.11. The molecule has 1 amide bonds. The number of methoxy groups -OCH3 is 1. The molecule has 0 N–H and O–H groups in total. The normalized spacial score (nSPS) is 15.0. The first kappa shape index (κ1) is 20.8. The maximum atomic E-state index is 12.4. The van der Waals surface area contributed by atoms with Gasteiger partial charge in [-0.05, 0) is 82.7 Å². The van der Waals surface area contributed by atoms with Crippen molar-refractivity contribution in [3.8, 4) is 11.5 Å². The molecule has 2 aromatic carbocycles. The molecule has 0 aliphatic carbocycles. The zero-order chi connectivity index (χ0) is 20.3. The Hall–Kier alpha value is -1.96. The minimum absolute atomic E-state index is 0.272. The van der Waals surface area contributed by atoms with Crippen LogP contribution in [0.5, 0.6) is 11.5 Å². The van der Waals surface area contributed by atoms with Crippen molar-refractivity contribution in [1.29, 1.82) is 0 Å². The molecular weight excluding hydrogens is 464 g/mol. The van der Waals surface area contributed by atoms with Crippen LogP contribution in [0.1, 0.15) is 12.5 Å². The highest BCUT2D eigenvalue weighted by Crippen LogP contribution is 2.38. The van der Waals surface area contributed by atoms with Gasteiger partial charge in [-0.2, -0.15) is 4.99 Å². The van der Waals surface area contributed by atoms with Crippen LogP contribution in [0, 0.1) is 0 Å². The van der Waals surface area contributed by atoms with Gasteiger partial charge in [0.2, 0.25) is 0 Å². The third-order valence-electron chi connectivity index (χ3n) is 3.94. The fourth-order valence-corrected chi connectivity index (χ4v) is 4.24. The number of rotatable bonds is 5. The van der Waals surface area contributed by atoms with Crippen LogP contribution >= 0.6 is 39.3 Å². The summed E-state index contributed by atoms with van der Waals surface area (Å²) in [6.45, 7) is 2.41. The molecule has 0 spiro atoms. The fourth-order valence-electron chi connectivity index (χ4n) is 2.60. The van der Waals surface area contributed by atoms with Gasteiger partial charge in [-0.25, -0.2) is 0 Å². The van der Waals surface area contributed by atoms with E-state index in [0.29, 0.717) is 33.2 Å². The van der Waals surface area contributed by atoms with Crippen LogP contribution in [0.4, 0.5) is 5.69 Å². The summed E-state index contributed by atoms with van der Waals surface area (Å²) < 4.78 is 11.8. The summed E-state index contributed by atoms with van der Waals surface area (Å²) in [6, 6.07) is 11.1. The summed E-state index contributed by atoms with van der Waals surface area (Å²) in [5.41, 5.74) is 1.72. The Bertz CT molecular complexity index is 961. The molecule has 0 saturated carbocycles. The molecule has 1 heterocycles. The van der Waals surface area contributed by atoms with Crippen LogP contribution in [0.3, 0.4) is 0 Å². The van der Waals surface area contributed by atoms with Crippen LogP contribution < -0.4 is 14.4 Å². The standard InChI is InChI=1S/C20H18BrClN2O3S/c1-4-27-16-10-12(9-15(21)18(16)26-3)11-17-19(25)23-20(28-17)24(2)14-7-5-13(22)6-8-14/h5-11H,4H2,1-3H3/b17-11-. The Morgan fingerprint density at radius 1 is 1.29 bits per heavy atom. The monoisotopic (exact) mass is 480 g/mol. The Labute approximate surface area is 181 Å². The number of amidine groups is 1. The van der Waals surface area contributed by atoms with Crippen LogP contribution in [0.2, 0.25) is 5.02 Å². The van der Waals surface area contributed by atoms with E-state index in [1.165, 1.54) is 11.8 Å². The molecule has 5 nitrogen and oxygen atoms in total. The van der Waals surface area contributed by atoms with E-state index in [4.69, 9.17) is 21.1 Å². The van der Waals surface area contributed by atoms with E-state index in [1.807, 2.05) is 43.1 Å². The predicted molar refractivity (Wildman–Crippen MR) is 120 cm³/mol. The average molecular weight is 482 g/mol. The summed E-state index contributed by atoms with van der Waals surface area (Å²) in [4.78, 5) is 19.0. The molecule has 28 heavy (non-hydrogen) atoms. The molecule has 0 bridgehead atoms. The molecule has 8 heteroatoms. The van der Waals surface area contributed by atoms with E-state index in [-0.39, 0.29) is 5.91 Å². The molecule has 2 aromatic rings. The van der Waals surface area contributed by atoms with Gasteiger partial charge in [0.15, 0.2) is 16.7 Å². The lowest BCUT2D eigenvalue weighted by molar-refractivity contribution is -0.113. The van der Waals surface area contributed by atoms with Gasteiger partial charge in [-0.15, -0.1) is 0 Å². The molecule has 0 radical (unpaired) electrons. The lowest BCUT2D eigenvalue weighted by Crippen LogP contribution is -2.21. The van der Waals surface area contributed by atoms with Crippen molar-refractivity contribution in [3.63, 3.8) is 0 Å². The number of aliphatic imine (C=N–C) groups is 1. The molecule has 0 fully saturated rings. The predicted octanol–water partition coefficient (Wildman–Crippen LogP) is 5.62. The van der Waals surface area contributed by atoms with E-state index >= 15 is 0 Å². The highest BCUT2D eigenvalue weighted by atomic mass is 79.9. The zero-order valence-electron chi connectivity index (χ0n) is 15.5. The Morgan fingerprint density at radius 3 is 2.64 bits per heavy atom. The molecule has 0 saturated heterocycles. The van der Waals surface area contributed by atoms with E-state index in [0.717, 1.165) is 15.7 Å². The van der Waals surface area contributed by atoms with E-state index in [9.17, 15) is 4.79 Å². The van der Waals surface area contributed by atoms with Gasteiger partial charge in [0.25, 0.3) is 5.91 Å². The minimum atomic E-state index is -0.272. The number of halogens is 2. The van der Waals surface area contributed by atoms with Crippen LogP contribution in [-0.2, 0) is 4.79 Å². The summed E-state index contributed by atoms with van der Waals surface area (Å²) in [5.74, 6) is 0.959. The third-order valence-corrected chi connectivity index (χ3v) is 5.84. The minimum Gasteiger partial charge on any atom is -0.492 e. The van der Waals surface area contributed by atoms with Crippen LogP contribution in [0.15, 0.2) is 50.8 Å². The summed E-state index contributed by atoms with van der Waals surface area (Å²) in [7, 11) is 3.45. The Kier molecular flexibility index (Phi) is 6.69. The molecular formula is C20H18BrClN2O3S. The maximum absolute atomic E-state index is 12.4.